The van der Waals surface area contributed by atoms with Crippen LogP contribution in [0.25, 0.3) is 0 Å². The fourth-order valence-corrected chi connectivity index (χ4v) is 2.14. The Morgan fingerprint density at radius 1 is 1.00 bits per heavy atom. The molecule has 0 fully saturated rings. The molecule has 0 aliphatic rings. The highest BCUT2D eigenvalue weighted by Gasteiger charge is 2.20. The minimum atomic E-state index is -1.19. The van der Waals surface area contributed by atoms with Crippen molar-refractivity contribution in [3.8, 4) is 17.2 Å². The number of hydrogen-bond acceptors (Lipinski definition) is 7. The standard InChI is InChI=1S/C20H25NO6/c1-20(23,15-27-16-7-4-3-5-8-16)21-11-12-25-17-9-6-10-18(13-17)26-14-19(22)24-2/h3-10,13,21,23H,11-12,14-15H2,1-2H3. The van der Waals surface area contributed by atoms with Gasteiger partial charge >= 0.3 is 5.97 Å². The van der Waals surface area contributed by atoms with E-state index in [0.717, 1.165) is 0 Å². The summed E-state index contributed by atoms with van der Waals surface area (Å²) >= 11 is 0. The van der Waals surface area contributed by atoms with E-state index >= 15 is 0 Å². The van der Waals surface area contributed by atoms with Gasteiger partial charge in [-0.3, -0.25) is 5.32 Å². The highest BCUT2D eigenvalue weighted by molar-refractivity contribution is 5.70. The van der Waals surface area contributed by atoms with Crippen LogP contribution in [0.15, 0.2) is 54.6 Å². The van der Waals surface area contributed by atoms with E-state index in [1.54, 1.807) is 31.2 Å². The Balaban J connectivity index is 1.70. The normalized spacial score (nSPS) is 12.7. The molecule has 2 aromatic carbocycles. The number of methoxy groups -OCH3 is 1. The van der Waals surface area contributed by atoms with Crippen LogP contribution in [-0.2, 0) is 9.53 Å². The molecule has 7 heteroatoms. The predicted octanol–water partition coefficient (Wildman–Crippen LogP) is 1.99. The summed E-state index contributed by atoms with van der Waals surface area (Å²) in [5.41, 5.74) is -1.19. The molecular formula is C20H25NO6. The van der Waals surface area contributed by atoms with E-state index < -0.39 is 11.7 Å². The van der Waals surface area contributed by atoms with E-state index in [1.807, 2.05) is 30.3 Å². The molecule has 2 aromatic rings. The van der Waals surface area contributed by atoms with Crippen LogP contribution in [-0.4, -0.2) is 50.3 Å². The van der Waals surface area contributed by atoms with Crippen LogP contribution in [0.2, 0.25) is 0 Å². The van der Waals surface area contributed by atoms with E-state index in [9.17, 15) is 9.90 Å². The monoisotopic (exact) mass is 375 g/mol. The van der Waals surface area contributed by atoms with Gasteiger partial charge in [0.15, 0.2) is 6.61 Å². The summed E-state index contributed by atoms with van der Waals surface area (Å²) in [4.78, 5) is 11.1. The zero-order valence-electron chi connectivity index (χ0n) is 15.5. The van der Waals surface area contributed by atoms with Crippen molar-refractivity contribution >= 4 is 5.97 Å². The zero-order valence-corrected chi connectivity index (χ0v) is 15.5. The average molecular weight is 375 g/mol. The number of esters is 1. The van der Waals surface area contributed by atoms with E-state index in [2.05, 4.69) is 10.1 Å². The van der Waals surface area contributed by atoms with Crippen molar-refractivity contribution in [3.63, 3.8) is 0 Å². The Morgan fingerprint density at radius 2 is 1.67 bits per heavy atom. The quantitative estimate of drug-likeness (QED) is 0.353. The highest BCUT2D eigenvalue weighted by atomic mass is 16.6. The molecule has 0 radical (unpaired) electrons. The number of rotatable bonds is 11. The number of nitrogens with one attached hydrogen (secondary N) is 1. The van der Waals surface area contributed by atoms with Gasteiger partial charge in [-0.1, -0.05) is 24.3 Å². The molecule has 2 N–H and O–H groups in total. The van der Waals surface area contributed by atoms with Crippen molar-refractivity contribution < 1.29 is 28.8 Å². The molecule has 27 heavy (non-hydrogen) atoms. The predicted molar refractivity (Wildman–Crippen MR) is 100 cm³/mol. The van der Waals surface area contributed by atoms with E-state index in [0.29, 0.717) is 30.4 Å². The minimum absolute atomic E-state index is 0.105. The van der Waals surface area contributed by atoms with Gasteiger partial charge in [-0.15, -0.1) is 0 Å². The SMILES string of the molecule is COC(=O)COc1cccc(OCCNC(C)(O)COc2ccccc2)c1. The second kappa shape index (κ2) is 10.4. The Morgan fingerprint density at radius 3 is 2.37 bits per heavy atom. The van der Waals surface area contributed by atoms with Crippen molar-refractivity contribution in [1.82, 2.24) is 5.32 Å². The Bertz CT molecular complexity index is 705. The maximum Gasteiger partial charge on any atom is 0.343 e. The van der Waals surface area contributed by atoms with Crippen molar-refractivity contribution in [2.24, 2.45) is 0 Å². The molecule has 0 aromatic heterocycles. The van der Waals surface area contributed by atoms with Gasteiger partial charge in [0.25, 0.3) is 0 Å². The first-order chi connectivity index (χ1) is 13.0. The van der Waals surface area contributed by atoms with Gasteiger partial charge in [0.1, 0.15) is 36.2 Å². The van der Waals surface area contributed by atoms with Crippen molar-refractivity contribution in [2.45, 2.75) is 12.6 Å². The van der Waals surface area contributed by atoms with E-state index in [1.165, 1.54) is 7.11 Å². The summed E-state index contributed by atoms with van der Waals surface area (Å²) in [6.45, 7) is 2.33. The van der Waals surface area contributed by atoms with Crippen LogP contribution < -0.4 is 19.5 Å². The van der Waals surface area contributed by atoms with Crippen molar-refractivity contribution in [1.29, 1.82) is 0 Å². The summed E-state index contributed by atoms with van der Waals surface area (Å²) in [6.07, 6.45) is 0. The number of para-hydroxylation sites is 1. The van der Waals surface area contributed by atoms with Gasteiger partial charge in [-0.25, -0.2) is 4.79 Å². The Hall–Kier alpha value is -2.77. The topological polar surface area (TPSA) is 86.3 Å². The van der Waals surface area contributed by atoms with E-state index in [4.69, 9.17) is 14.2 Å². The molecule has 0 amide bonds. The highest BCUT2D eigenvalue weighted by Crippen LogP contribution is 2.19. The molecule has 0 aliphatic heterocycles. The lowest BCUT2D eigenvalue weighted by molar-refractivity contribution is -0.142. The summed E-state index contributed by atoms with van der Waals surface area (Å²) in [5.74, 6) is 1.35. The number of carbonyl (C=O) groups is 1. The van der Waals surface area contributed by atoms with Crippen LogP contribution >= 0.6 is 0 Å². The lowest BCUT2D eigenvalue weighted by Crippen LogP contribution is -2.48. The molecule has 0 heterocycles. The molecule has 146 valence electrons. The third-order valence-electron chi connectivity index (χ3n) is 3.53. The molecule has 0 bridgehead atoms. The number of benzene rings is 2. The van der Waals surface area contributed by atoms with Gasteiger partial charge in [0.05, 0.1) is 7.11 Å². The number of hydrogen-bond donors (Lipinski definition) is 2. The maximum atomic E-state index is 11.1. The summed E-state index contributed by atoms with van der Waals surface area (Å²) in [6, 6.07) is 16.2. The van der Waals surface area contributed by atoms with Gasteiger partial charge < -0.3 is 24.1 Å². The average Bonchev–Trinajstić information content (AvgIpc) is 2.69. The molecule has 1 unspecified atom stereocenters. The fraction of sp³-hybridized carbons (Fsp3) is 0.350. The summed E-state index contributed by atoms with van der Waals surface area (Å²) < 4.78 is 21.0. The summed E-state index contributed by atoms with van der Waals surface area (Å²) in [5, 5.41) is 13.3. The third kappa shape index (κ3) is 7.98. The van der Waals surface area contributed by atoms with Crippen molar-refractivity contribution in [3.05, 3.63) is 54.6 Å². The molecule has 0 saturated heterocycles. The first-order valence-corrected chi connectivity index (χ1v) is 8.56. The fourth-order valence-electron chi connectivity index (χ4n) is 2.14. The van der Waals surface area contributed by atoms with Gasteiger partial charge in [-0.05, 0) is 31.2 Å². The second-order valence-electron chi connectivity index (χ2n) is 5.99. The Labute approximate surface area is 158 Å². The third-order valence-corrected chi connectivity index (χ3v) is 3.53. The largest absolute Gasteiger partial charge is 0.492 e. The molecule has 2 rings (SSSR count). The van der Waals surface area contributed by atoms with Crippen molar-refractivity contribution in [2.75, 3.05) is 33.5 Å². The smallest absolute Gasteiger partial charge is 0.343 e. The van der Waals surface area contributed by atoms with Crippen LogP contribution in [0, 0.1) is 0 Å². The second-order valence-corrected chi connectivity index (χ2v) is 5.99. The molecular weight excluding hydrogens is 350 g/mol. The Kier molecular flexibility index (Phi) is 7.91. The van der Waals surface area contributed by atoms with Crippen LogP contribution in [0.1, 0.15) is 6.92 Å². The lowest BCUT2D eigenvalue weighted by atomic mass is 10.3. The molecule has 1 atom stereocenters. The van der Waals surface area contributed by atoms with Gasteiger partial charge in [0, 0.05) is 12.6 Å². The van der Waals surface area contributed by atoms with Crippen LogP contribution in [0.3, 0.4) is 0 Å². The van der Waals surface area contributed by atoms with Crippen LogP contribution in [0.4, 0.5) is 0 Å². The molecule has 0 spiro atoms. The molecule has 7 nitrogen and oxygen atoms in total. The lowest BCUT2D eigenvalue weighted by Gasteiger charge is -2.25. The van der Waals surface area contributed by atoms with Gasteiger partial charge in [-0.2, -0.15) is 0 Å². The van der Waals surface area contributed by atoms with E-state index in [-0.39, 0.29) is 13.2 Å². The van der Waals surface area contributed by atoms with Gasteiger partial charge in [0.2, 0.25) is 0 Å². The summed E-state index contributed by atoms with van der Waals surface area (Å²) in [7, 11) is 1.30. The van der Waals surface area contributed by atoms with Crippen LogP contribution in [0.5, 0.6) is 17.2 Å². The first-order valence-electron chi connectivity index (χ1n) is 8.56. The number of carbonyl (C=O) groups excluding carboxylic acids is 1. The maximum absolute atomic E-state index is 11.1. The number of ether oxygens (including phenoxy) is 4. The zero-order chi connectivity index (χ0) is 19.5. The first kappa shape index (κ1) is 20.5. The molecule has 0 aliphatic carbocycles. The number of aliphatic hydroxyl groups is 1. The molecule has 0 saturated carbocycles. The minimum Gasteiger partial charge on any atom is -0.492 e.